The highest BCUT2D eigenvalue weighted by molar-refractivity contribution is 5.29. The van der Waals surface area contributed by atoms with Crippen LogP contribution in [0.1, 0.15) is 27.7 Å². The summed E-state index contributed by atoms with van der Waals surface area (Å²) in [6.07, 6.45) is 2.43. The Hall–Kier alpha value is -1.68. The molecule has 0 aromatic heterocycles. The van der Waals surface area contributed by atoms with Crippen molar-refractivity contribution in [3.8, 4) is 12.1 Å². The quantitative estimate of drug-likeness (QED) is 0.692. The van der Waals surface area contributed by atoms with Crippen LogP contribution in [0.2, 0.25) is 0 Å². The highest BCUT2D eigenvalue weighted by atomic mass is 14.9. The van der Waals surface area contributed by atoms with Gasteiger partial charge < -0.3 is 0 Å². The summed E-state index contributed by atoms with van der Waals surface area (Å²) in [6.45, 7) is 6.72. The predicted octanol–water partition coefficient (Wildman–Crippen LogP) is 2.80. The monoisotopic (exact) mass is 189 g/mol. The van der Waals surface area contributed by atoms with E-state index in [1.807, 2.05) is 0 Å². The van der Waals surface area contributed by atoms with Crippen LogP contribution in [0.3, 0.4) is 0 Å². The first-order valence-corrected chi connectivity index (χ1v) is 4.14. The molecule has 4 heteroatoms. The summed E-state index contributed by atoms with van der Waals surface area (Å²) in [5, 5.41) is 20.9. The van der Waals surface area contributed by atoms with E-state index in [-0.39, 0.29) is 0 Å². The minimum atomic E-state index is -0.830. The first-order valence-electron chi connectivity index (χ1n) is 4.14. The van der Waals surface area contributed by atoms with Crippen molar-refractivity contribution in [1.82, 2.24) is 0 Å². The zero-order chi connectivity index (χ0) is 11.4. The summed E-state index contributed by atoms with van der Waals surface area (Å²) < 4.78 is 0. The Morgan fingerprint density at radius 2 is 1.43 bits per heavy atom. The summed E-state index contributed by atoms with van der Waals surface area (Å²) >= 11 is 0. The number of rotatable bonds is 3. The van der Waals surface area contributed by atoms with Crippen LogP contribution >= 0.6 is 0 Å². The molecular weight excluding hydrogens is 176 g/mol. The minimum Gasteiger partial charge on any atom is -0.204 e. The lowest BCUT2D eigenvalue weighted by atomic mass is 9.72. The van der Waals surface area contributed by atoms with Crippen molar-refractivity contribution in [3.05, 3.63) is 11.8 Å². The van der Waals surface area contributed by atoms with E-state index in [9.17, 15) is 0 Å². The normalized spacial score (nSPS) is 11.0. The molecule has 0 saturated carbocycles. The smallest absolute Gasteiger partial charge is 0.115 e. The molecule has 73 valence electrons. The second-order valence-corrected chi connectivity index (χ2v) is 4.07. The molecule has 0 fully saturated rings. The zero-order valence-corrected chi connectivity index (χ0v) is 8.84. The summed E-state index contributed by atoms with van der Waals surface area (Å²) in [4.78, 5) is 0. The number of nitrogens with one attached hydrogen (secondary N) is 1. The maximum absolute atomic E-state index is 8.93. The standard InChI is InChI=1S/C10H13N4/c1-9(2,6-11)8(5-14-13)10(3,4)7-12/h13H,1-4H3. The number of nitriles is 2. The van der Waals surface area contributed by atoms with E-state index in [4.69, 9.17) is 16.1 Å². The van der Waals surface area contributed by atoms with Crippen LogP contribution in [0.4, 0.5) is 0 Å². The highest BCUT2D eigenvalue weighted by Crippen LogP contribution is 2.38. The number of hydrogen-bond donors (Lipinski definition) is 1. The number of nitrogens with zero attached hydrogens (tertiary/aromatic N) is 3. The fourth-order valence-electron chi connectivity index (χ4n) is 1.23. The molecule has 0 aromatic rings. The average molecular weight is 189 g/mol. The molecule has 0 atom stereocenters. The Kier molecular flexibility index (Phi) is 3.54. The highest BCUT2D eigenvalue weighted by Gasteiger charge is 2.35. The Balaban J connectivity index is 5.45. The lowest BCUT2D eigenvalue weighted by molar-refractivity contribution is 0.445. The molecule has 0 rings (SSSR count). The first kappa shape index (κ1) is 12.3. The molecule has 0 bridgehead atoms. The fraction of sp³-hybridized carbons (Fsp3) is 0.600. The van der Waals surface area contributed by atoms with Gasteiger partial charge in [-0.15, -0.1) is 0 Å². The van der Waals surface area contributed by atoms with Crippen molar-refractivity contribution in [2.45, 2.75) is 27.7 Å². The molecule has 4 nitrogen and oxygen atoms in total. The van der Waals surface area contributed by atoms with Gasteiger partial charge in [0, 0.05) is 0 Å². The summed E-state index contributed by atoms with van der Waals surface area (Å²) in [5.74, 6) is 0. The zero-order valence-electron chi connectivity index (χ0n) is 8.84. The van der Waals surface area contributed by atoms with Gasteiger partial charge in [0.2, 0.25) is 0 Å². The maximum atomic E-state index is 8.93. The SMILES string of the molecule is CC(C)(C#N)C(=[C]N=N)C(C)(C)C#N. The van der Waals surface area contributed by atoms with Crippen LogP contribution in [-0.4, -0.2) is 0 Å². The van der Waals surface area contributed by atoms with Crippen LogP contribution in [0, 0.1) is 45.2 Å². The Morgan fingerprint density at radius 1 is 1.07 bits per heavy atom. The van der Waals surface area contributed by atoms with Gasteiger partial charge in [0.1, 0.15) is 6.20 Å². The van der Waals surface area contributed by atoms with E-state index in [1.165, 1.54) is 0 Å². The third-order valence-corrected chi connectivity index (χ3v) is 1.98. The predicted molar refractivity (Wildman–Crippen MR) is 50.7 cm³/mol. The van der Waals surface area contributed by atoms with Gasteiger partial charge in [0.05, 0.1) is 23.0 Å². The average Bonchev–Trinajstić information content (AvgIpc) is 2.13. The van der Waals surface area contributed by atoms with Gasteiger partial charge >= 0.3 is 0 Å². The van der Waals surface area contributed by atoms with E-state index in [1.54, 1.807) is 27.7 Å². The van der Waals surface area contributed by atoms with Crippen molar-refractivity contribution in [2.75, 3.05) is 0 Å². The number of allylic oxidation sites excluding steroid dienone is 1. The second kappa shape index (κ2) is 4.02. The third kappa shape index (κ3) is 2.40. The maximum Gasteiger partial charge on any atom is 0.115 e. The van der Waals surface area contributed by atoms with Crippen LogP contribution in [0.15, 0.2) is 10.7 Å². The molecule has 0 heterocycles. The molecule has 0 amide bonds. The van der Waals surface area contributed by atoms with E-state index in [0.717, 1.165) is 0 Å². The van der Waals surface area contributed by atoms with Crippen molar-refractivity contribution in [2.24, 2.45) is 15.9 Å². The minimum absolute atomic E-state index is 0.435. The van der Waals surface area contributed by atoms with E-state index < -0.39 is 10.8 Å². The molecule has 0 aromatic carbocycles. The molecule has 1 N–H and O–H groups in total. The van der Waals surface area contributed by atoms with Crippen LogP contribution < -0.4 is 0 Å². The summed E-state index contributed by atoms with van der Waals surface area (Å²) in [6, 6.07) is 4.15. The summed E-state index contributed by atoms with van der Waals surface area (Å²) in [5.41, 5.74) is 5.49. The van der Waals surface area contributed by atoms with Crippen molar-refractivity contribution >= 4 is 0 Å². The molecule has 0 aliphatic rings. The molecule has 0 unspecified atom stereocenters. The molecule has 0 aliphatic heterocycles. The Bertz CT molecular complexity index is 308. The van der Waals surface area contributed by atoms with Crippen LogP contribution in [-0.2, 0) is 0 Å². The van der Waals surface area contributed by atoms with Crippen molar-refractivity contribution in [3.63, 3.8) is 0 Å². The van der Waals surface area contributed by atoms with Crippen molar-refractivity contribution in [1.29, 1.82) is 16.1 Å². The van der Waals surface area contributed by atoms with Gasteiger partial charge in [-0.05, 0) is 33.3 Å². The lowest BCUT2D eigenvalue weighted by Crippen LogP contribution is -2.25. The third-order valence-electron chi connectivity index (χ3n) is 1.98. The van der Waals surface area contributed by atoms with Crippen molar-refractivity contribution < 1.29 is 0 Å². The van der Waals surface area contributed by atoms with Gasteiger partial charge in [-0.1, -0.05) is 0 Å². The molecule has 0 saturated heterocycles. The van der Waals surface area contributed by atoms with Crippen LogP contribution in [0.5, 0.6) is 0 Å². The molecule has 0 aliphatic carbocycles. The fourth-order valence-corrected chi connectivity index (χ4v) is 1.23. The largest absolute Gasteiger partial charge is 0.204 e. The Morgan fingerprint density at radius 3 is 1.64 bits per heavy atom. The molecule has 0 spiro atoms. The Labute approximate surface area is 84.4 Å². The molecular formula is C10H13N4. The van der Waals surface area contributed by atoms with Gasteiger partial charge in [-0.3, -0.25) is 0 Å². The lowest BCUT2D eigenvalue weighted by Gasteiger charge is -2.27. The van der Waals surface area contributed by atoms with E-state index in [2.05, 4.69) is 23.5 Å². The van der Waals surface area contributed by atoms with Gasteiger partial charge in [-0.2, -0.15) is 15.6 Å². The number of hydrogen-bond acceptors (Lipinski definition) is 4. The molecule has 1 radical (unpaired) electrons. The van der Waals surface area contributed by atoms with Gasteiger partial charge in [0.15, 0.2) is 0 Å². The summed E-state index contributed by atoms with van der Waals surface area (Å²) in [7, 11) is 0. The second-order valence-electron chi connectivity index (χ2n) is 4.07. The first-order chi connectivity index (χ1) is 6.31. The topological polar surface area (TPSA) is 83.8 Å². The molecule has 14 heavy (non-hydrogen) atoms. The van der Waals surface area contributed by atoms with Gasteiger partial charge in [0.25, 0.3) is 0 Å². The van der Waals surface area contributed by atoms with Gasteiger partial charge in [-0.25, -0.2) is 5.53 Å². The van der Waals surface area contributed by atoms with Crippen LogP contribution in [0.25, 0.3) is 0 Å². The van der Waals surface area contributed by atoms with E-state index >= 15 is 0 Å². The van der Waals surface area contributed by atoms with E-state index in [0.29, 0.717) is 5.57 Å².